The first-order chi connectivity index (χ1) is 8.68. The van der Waals surface area contributed by atoms with Gasteiger partial charge in [0.1, 0.15) is 5.75 Å². The van der Waals surface area contributed by atoms with Gasteiger partial charge in [0, 0.05) is 12.6 Å². The van der Waals surface area contributed by atoms with E-state index >= 15 is 0 Å². The van der Waals surface area contributed by atoms with Gasteiger partial charge in [-0.05, 0) is 38.6 Å². The molecule has 1 saturated heterocycles. The van der Waals surface area contributed by atoms with E-state index in [9.17, 15) is 9.90 Å². The molecule has 1 aliphatic heterocycles. The second-order valence-electron chi connectivity index (χ2n) is 4.86. The van der Waals surface area contributed by atoms with Gasteiger partial charge in [-0.3, -0.25) is 4.79 Å². The van der Waals surface area contributed by atoms with Crippen LogP contribution >= 0.6 is 0 Å². The van der Waals surface area contributed by atoms with Gasteiger partial charge in [0.2, 0.25) is 0 Å². The number of hydrogen-bond acceptors (Lipinski definition) is 3. The van der Waals surface area contributed by atoms with E-state index in [1.165, 1.54) is 18.9 Å². The molecule has 0 bridgehead atoms. The summed E-state index contributed by atoms with van der Waals surface area (Å²) < 4.78 is 0. The highest BCUT2D eigenvalue weighted by molar-refractivity contribution is 5.96. The SMILES string of the molecule is CN1CCCCC1CNC(=O)c1ccccc1O. The molecule has 1 fully saturated rings. The van der Waals surface area contributed by atoms with E-state index in [4.69, 9.17) is 0 Å². The third-order valence-electron chi connectivity index (χ3n) is 3.57. The van der Waals surface area contributed by atoms with Crippen molar-refractivity contribution in [1.29, 1.82) is 0 Å². The summed E-state index contributed by atoms with van der Waals surface area (Å²) in [6.07, 6.45) is 3.58. The van der Waals surface area contributed by atoms with Gasteiger partial charge in [-0.15, -0.1) is 0 Å². The zero-order valence-electron chi connectivity index (χ0n) is 10.7. The molecule has 1 aromatic rings. The Kier molecular flexibility index (Phi) is 4.20. The highest BCUT2D eigenvalue weighted by atomic mass is 16.3. The van der Waals surface area contributed by atoms with Crippen molar-refractivity contribution in [2.24, 2.45) is 0 Å². The Balaban J connectivity index is 1.90. The van der Waals surface area contributed by atoms with E-state index in [0.717, 1.165) is 13.0 Å². The maximum Gasteiger partial charge on any atom is 0.255 e. The first-order valence-corrected chi connectivity index (χ1v) is 6.45. The van der Waals surface area contributed by atoms with Crippen LogP contribution in [-0.2, 0) is 0 Å². The molecule has 0 radical (unpaired) electrons. The molecule has 1 atom stereocenters. The third kappa shape index (κ3) is 3.01. The van der Waals surface area contributed by atoms with Crippen LogP contribution in [0.25, 0.3) is 0 Å². The van der Waals surface area contributed by atoms with Crippen LogP contribution in [0.3, 0.4) is 0 Å². The number of nitrogens with zero attached hydrogens (tertiary/aromatic N) is 1. The van der Waals surface area contributed by atoms with Gasteiger partial charge in [-0.2, -0.15) is 0 Å². The van der Waals surface area contributed by atoms with Crippen molar-refractivity contribution in [2.75, 3.05) is 20.1 Å². The number of carbonyl (C=O) groups excluding carboxylic acids is 1. The minimum absolute atomic E-state index is 0.0343. The highest BCUT2D eigenvalue weighted by Gasteiger charge is 2.20. The predicted octanol–water partition coefficient (Wildman–Crippen LogP) is 1.61. The smallest absolute Gasteiger partial charge is 0.255 e. The molecule has 98 valence electrons. The van der Waals surface area contributed by atoms with Gasteiger partial charge in [0.05, 0.1) is 5.56 Å². The largest absolute Gasteiger partial charge is 0.507 e. The number of carbonyl (C=O) groups is 1. The molecule has 1 aromatic carbocycles. The van der Waals surface area contributed by atoms with Crippen LogP contribution in [0.1, 0.15) is 29.6 Å². The standard InChI is InChI=1S/C14H20N2O2/c1-16-9-5-4-6-11(16)10-15-14(18)12-7-2-3-8-13(12)17/h2-3,7-8,11,17H,4-6,9-10H2,1H3,(H,15,18). The summed E-state index contributed by atoms with van der Waals surface area (Å²) in [5, 5.41) is 12.5. The lowest BCUT2D eigenvalue weighted by molar-refractivity contribution is 0.0926. The minimum Gasteiger partial charge on any atom is -0.507 e. The number of amides is 1. The summed E-state index contributed by atoms with van der Waals surface area (Å²) in [4.78, 5) is 14.2. The maximum atomic E-state index is 11.9. The molecule has 18 heavy (non-hydrogen) atoms. The summed E-state index contributed by atoms with van der Waals surface area (Å²) in [5.41, 5.74) is 0.343. The molecule has 0 saturated carbocycles. The number of piperidine rings is 1. The van der Waals surface area contributed by atoms with Crippen molar-refractivity contribution in [1.82, 2.24) is 10.2 Å². The number of phenolic OH excluding ortho intramolecular Hbond substituents is 1. The van der Waals surface area contributed by atoms with Gasteiger partial charge in [-0.1, -0.05) is 18.6 Å². The molecule has 0 aliphatic carbocycles. The van der Waals surface area contributed by atoms with Crippen molar-refractivity contribution in [3.8, 4) is 5.75 Å². The lowest BCUT2D eigenvalue weighted by atomic mass is 10.0. The van der Waals surface area contributed by atoms with Crippen LogP contribution in [0.15, 0.2) is 24.3 Å². The van der Waals surface area contributed by atoms with Gasteiger partial charge >= 0.3 is 0 Å². The fourth-order valence-electron chi connectivity index (χ4n) is 2.37. The summed E-state index contributed by atoms with van der Waals surface area (Å²) in [6, 6.07) is 7.03. The maximum absolute atomic E-state index is 11.9. The molecule has 1 unspecified atom stereocenters. The Bertz CT molecular complexity index is 420. The lowest BCUT2D eigenvalue weighted by Gasteiger charge is -2.32. The Labute approximate surface area is 108 Å². The zero-order valence-corrected chi connectivity index (χ0v) is 10.7. The van der Waals surface area contributed by atoms with Crippen LogP contribution in [0, 0.1) is 0 Å². The average molecular weight is 248 g/mol. The number of likely N-dealkylation sites (N-methyl/N-ethyl adjacent to an activating group) is 1. The summed E-state index contributed by atoms with van der Waals surface area (Å²) in [6.45, 7) is 1.74. The number of hydrogen-bond donors (Lipinski definition) is 2. The van der Waals surface area contributed by atoms with Crippen LogP contribution < -0.4 is 5.32 Å². The monoisotopic (exact) mass is 248 g/mol. The first-order valence-electron chi connectivity index (χ1n) is 6.45. The zero-order chi connectivity index (χ0) is 13.0. The van der Waals surface area contributed by atoms with E-state index in [2.05, 4.69) is 17.3 Å². The Morgan fingerprint density at radius 1 is 1.44 bits per heavy atom. The normalized spacial score (nSPS) is 20.6. The minimum atomic E-state index is -0.202. The molecular weight excluding hydrogens is 228 g/mol. The van der Waals surface area contributed by atoms with Crippen molar-refractivity contribution in [2.45, 2.75) is 25.3 Å². The van der Waals surface area contributed by atoms with Crippen LogP contribution in [0.4, 0.5) is 0 Å². The molecule has 0 aromatic heterocycles. The van der Waals surface area contributed by atoms with Gasteiger partial charge in [0.15, 0.2) is 0 Å². The second kappa shape index (κ2) is 5.87. The number of rotatable bonds is 3. The van der Waals surface area contributed by atoms with E-state index in [1.54, 1.807) is 18.2 Å². The second-order valence-corrected chi connectivity index (χ2v) is 4.86. The molecular formula is C14H20N2O2. The Morgan fingerprint density at radius 2 is 2.22 bits per heavy atom. The van der Waals surface area contributed by atoms with E-state index in [-0.39, 0.29) is 11.7 Å². The van der Waals surface area contributed by atoms with Crippen molar-refractivity contribution in [3.05, 3.63) is 29.8 Å². The molecule has 2 N–H and O–H groups in total. The molecule has 1 amide bonds. The van der Waals surface area contributed by atoms with Crippen LogP contribution in [-0.4, -0.2) is 42.1 Å². The predicted molar refractivity (Wildman–Crippen MR) is 70.7 cm³/mol. The molecule has 4 nitrogen and oxygen atoms in total. The Morgan fingerprint density at radius 3 is 2.94 bits per heavy atom. The summed E-state index contributed by atoms with van der Waals surface area (Å²) in [7, 11) is 2.09. The van der Waals surface area contributed by atoms with Crippen LogP contribution in [0.5, 0.6) is 5.75 Å². The fraction of sp³-hybridized carbons (Fsp3) is 0.500. The van der Waals surface area contributed by atoms with Gasteiger partial charge in [-0.25, -0.2) is 0 Å². The fourth-order valence-corrected chi connectivity index (χ4v) is 2.37. The number of para-hydroxylation sites is 1. The topological polar surface area (TPSA) is 52.6 Å². The number of aromatic hydroxyl groups is 1. The lowest BCUT2D eigenvalue weighted by Crippen LogP contribution is -2.44. The first kappa shape index (κ1) is 12.9. The van der Waals surface area contributed by atoms with Gasteiger partial charge in [0.25, 0.3) is 5.91 Å². The Hall–Kier alpha value is -1.55. The van der Waals surface area contributed by atoms with Crippen molar-refractivity contribution in [3.63, 3.8) is 0 Å². The van der Waals surface area contributed by atoms with Gasteiger partial charge < -0.3 is 15.3 Å². The van der Waals surface area contributed by atoms with E-state index in [1.807, 2.05) is 0 Å². The van der Waals surface area contributed by atoms with Crippen molar-refractivity contribution < 1.29 is 9.90 Å². The van der Waals surface area contributed by atoms with E-state index < -0.39 is 0 Å². The molecule has 0 spiro atoms. The number of phenols is 1. The molecule has 1 heterocycles. The third-order valence-corrected chi connectivity index (χ3v) is 3.57. The molecule has 1 aliphatic rings. The van der Waals surface area contributed by atoms with Crippen molar-refractivity contribution >= 4 is 5.91 Å². The highest BCUT2D eigenvalue weighted by Crippen LogP contribution is 2.16. The number of benzene rings is 1. The number of likely N-dealkylation sites (tertiary alicyclic amines) is 1. The quantitative estimate of drug-likeness (QED) is 0.854. The van der Waals surface area contributed by atoms with Crippen LogP contribution in [0.2, 0.25) is 0 Å². The molecule has 4 heteroatoms. The average Bonchev–Trinajstić information content (AvgIpc) is 2.38. The van der Waals surface area contributed by atoms with E-state index in [0.29, 0.717) is 18.2 Å². The summed E-state index contributed by atoms with van der Waals surface area (Å²) >= 11 is 0. The number of nitrogens with one attached hydrogen (secondary N) is 1. The molecule has 2 rings (SSSR count). The summed E-state index contributed by atoms with van der Waals surface area (Å²) in [5.74, 6) is -0.168.